The summed E-state index contributed by atoms with van der Waals surface area (Å²) in [4.78, 5) is 26.7. The molecule has 2 atom stereocenters. The van der Waals surface area contributed by atoms with Crippen molar-refractivity contribution >= 4 is 12.1 Å². The quantitative estimate of drug-likeness (QED) is 0.846. The number of aliphatic hydroxyl groups is 1. The molecule has 1 amide bonds. The third-order valence-electron chi connectivity index (χ3n) is 4.58. The Balaban J connectivity index is 2.32. The highest BCUT2D eigenvalue weighted by Crippen LogP contribution is 2.42. The lowest BCUT2D eigenvalue weighted by Crippen LogP contribution is -2.61. The van der Waals surface area contributed by atoms with Crippen LogP contribution in [0.4, 0.5) is 4.79 Å². The highest BCUT2D eigenvalue weighted by atomic mass is 16.6. The summed E-state index contributed by atoms with van der Waals surface area (Å²) < 4.78 is 10.9. The molecule has 25 heavy (non-hydrogen) atoms. The number of carbonyl (C=O) groups excluding carboxylic acids is 2. The highest BCUT2D eigenvalue weighted by molar-refractivity contribution is 5.89. The average molecular weight is 349 g/mol. The Bertz CT molecular complexity index is 622. The molecule has 1 saturated heterocycles. The Morgan fingerprint density at radius 2 is 1.92 bits per heavy atom. The van der Waals surface area contributed by atoms with E-state index in [1.807, 2.05) is 51.1 Å². The Morgan fingerprint density at radius 1 is 1.32 bits per heavy atom. The number of rotatable bonds is 4. The van der Waals surface area contributed by atoms with Crippen LogP contribution in [-0.2, 0) is 20.9 Å². The summed E-state index contributed by atoms with van der Waals surface area (Å²) in [5, 5.41) is 10.00. The smallest absolute Gasteiger partial charge is 0.414 e. The van der Waals surface area contributed by atoms with E-state index in [2.05, 4.69) is 0 Å². The Morgan fingerprint density at radius 3 is 2.40 bits per heavy atom. The predicted molar refractivity (Wildman–Crippen MR) is 92.5 cm³/mol. The molecule has 1 aromatic carbocycles. The first-order valence-electron chi connectivity index (χ1n) is 8.46. The number of amides is 1. The molecule has 0 bridgehead atoms. The zero-order valence-electron chi connectivity index (χ0n) is 15.5. The number of esters is 1. The molecule has 0 spiro atoms. The summed E-state index contributed by atoms with van der Waals surface area (Å²) in [7, 11) is 0. The summed E-state index contributed by atoms with van der Waals surface area (Å²) in [6, 6.07) is 9.29. The standard InChI is InChI=1S/C19H27NO5/c1-13(2)19(12-21)16(22)25-15(18(3,4)5)20(19)17(23)24-11-14-9-7-6-8-10-14/h6-10,13,15,21H,11-12H2,1-5H3/t15-,19-/m0/s1. The van der Waals surface area contributed by atoms with Gasteiger partial charge in [-0.3, -0.25) is 4.90 Å². The fourth-order valence-electron chi connectivity index (χ4n) is 3.01. The Labute approximate surface area is 148 Å². The Kier molecular flexibility index (Phi) is 5.42. The maximum absolute atomic E-state index is 12.9. The van der Waals surface area contributed by atoms with E-state index in [9.17, 15) is 14.7 Å². The third-order valence-corrected chi connectivity index (χ3v) is 4.58. The van der Waals surface area contributed by atoms with Crippen molar-refractivity contribution in [3.8, 4) is 0 Å². The van der Waals surface area contributed by atoms with Crippen LogP contribution in [0.25, 0.3) is 0 Å². The monoisotopic (exact) mass is 349 g/mol. The second-order valence-electron chi connectivity index (χ2n) is 7.77. The molecule has 0 aromatic heterocycles. The lowest BCUT2D eigenvalue weighted by Gasteiger charge is -2.40. The molecule has 6 heteroatoms. The lowest BCUT2D eigenvalue weighted by atomic mass is 9.84. The summed E-state index contributed by atoms with van der Waals surface area (Å²) in [5.41, 5.74) is -1.12. The summed E-state index contributed by atoms with van der Waals surface area (Å²) in [5.74, 6) is -0.928. The van der Waals surface area contributed by atoms with E-state index in [0.29, 0.717) is 0 Å². The van der Waals surface area contributed by atoms with Crippen molar-refractivity contribution < 1.29 is 24.2 Å². The van der Waals surface area contributed by atoms with Crippen molar-refractivity contribution in [2.45, 2.75) is 53.0 Å². The molecule has 6 nitrogen and oxygen atoms in total. The fourth-order valence-corrected chi connectivity index (χ4v) is 3.01. The zero-order valence-corrected chi connectivity index (χ0v) is 15.5. The molecule has 0 aliphatic carbocycles. The minimum absolute atomic E-state index is 0.0842. The lowest BCUT2D eigenvalue weighted by molar-refractivity contribution is -0.150. The molecular weight excluding hydrogens is 322 g/mol. The van der Waals surface area contributed by atoms with E-state index in [1.165, 1.54) is 4.90 Å². The van der Waals surface area contributed by atoms with Crippen LogP contribution < -0.4 is 0 Å². The van der Waals surface area contributed by atoms with Gasteiger partial charge in [0, 0.05) is 5.41 Å². The number of hydrogen-bond donors (Lipinski definition) is 1. The van der Waals surface area contributed by atoms with Gasteiger partial charge in [0.2, 0.25) is 0 Å². The van der Waals surface area contributed by atoms with Crippen LogP contribution in [0.15, 0.2) is 30.3 Å². The SMILES string of the molecule is CC(C)[C@@]1(CO)C(=O)O[C@@H](C(C)(C)C)N1C(=O)OCc1ccccc1. The first kappa shape index (κ1) is 19.2. The van der Waals surface area contributed by atoms with Gasteiger partial charge < -0.3 is 14.6 Å². The molecule has 1 aliphatic rings. The number of cyclic esters (lactones) is 1. The highest BCUT2D eigenvalue weighted by Gasteiger charge is 2.62. The maximum Gasteiger partial charge on any atom is 0.414 e. The number of benzene rings is 1. The number of aliphatic hydroxyl groups excluding tert-OH is 1. The molecule has 1 heterocycles. The molecule has 0 unspecified atom stereocenters. The normalized spacial score (nSPS) is 23.7. The fraction of sp³-hybridized carbons (Fsp3) is 0.579. The van der Waals surface area contributed by atoms with Crippen LogP contribution in [0.2, 0.25) is 0 Å². The molecule has 0 radical (unpaired) electrons. The summed E-state index contributed by atoms with van der Waals surface area (Å²) >= 11 is 0. The van der Waals surface area contributed by atoms with Crippen molar-refractivity contribution in [2.75, 3.05) is 6.61 Å². The van der Waals surface area contributed by atoms with Crippen molar-refractivity contribution in [3.63, 3.8) is 0 Å². The van der Waals surface area contributed by atoms with E-state index >= 15 is 0 Å². The van der Waals surface area contributed by atoms with E-state index in [1.54, 1.807) is 13.8 Å². The van der Waals surface area contributed by atoms with Crippen molar-refractivity contribution in [1.29, 1.82) is 0 Å². The minimum Gasteiger partial charge on any atom is -0.444 e. The molecule has 1 N–H and O–H groups in total. The second kappa shape index (κ2) is 7.04. The van der Waals surface area contributed by atoms with Crippen LogP contribution >= 0.6 is 0 Å². The summed E-state index contributed by atoms with van der Waals surface area (Å²) in [6.45, 7) is 8.74. The van der Waals surface area contributed by atoms with Gasteiger partial charge in [-0.2, -0.15) is 0 Å². The summed E-state index contributed by atoms with van der Waals surface area (Å²) in [6.07, 6.45) is -1.48. The topological polar surface area (TPSA) is 76.1 Å². The van der Waals surface area contributed by atoms with E-state index < -0.39 is 35.9 Å². The van der Waals surface area contributed by atoms with Gasteiger partial charge in [-0.15, -0.1) is 0 Å². The van der Waals surface area contributed by atoms with E-state index in [0.717, 1.165) is 5.56 Å². The average Bonchev–Trinajstić information content (AvgIpc) is 2.87. The van der Waals surface area contributed by atoms with Crippen LogP contribution in [0, 0.1) is 11.3 Å². The van der Waals surface area contributed by atoms with Gasteiger partial charge >= 0.3 is 12.1 Å². The molecule has 1 aromatic rings. The van der Waals surface area contributed by atoms with Crippen LogP contribution in [0.1, 0.15) is 40.2 Å². The van der Waals surface area contributed by atoms with Crippen molar-refractivity contribution in [2.24, 2.45) is 11.3 Å². The second-order valence-corrected chi connectivity index (χ2v) is 7.77. The van der Waals surface area contributed by atoms with Gasteiger partial charge in [-0.25, -0.2) is 9.59 Å². The molecular formula is C19H27NO5. The molecule has 138 valence electrons. The molecule has 1 aliphatic heterocycles. The molecule has 1 fully saturated rings. The minimum atomic E-state index is -1.44. The van der Waals surface area contributed by atoms with E-state index in [-0.39, 0.29) is 12.5 Å². The predicted octanol–water partition coefficient (Wildman–Crippen LogP) is 2.94. The van der Waals surface area contributed by atoms with E-state index in [4.69, 9.17) is 9.47 Å². The van der Waals surface area contributed by atoms with Crippen LogP contribution in [-0.4, -0.2) is 40.4 Å². The van der Waals surface area contributed by atoms with Crippen LogP contribution in [0.3, 0.4) is 0 Å². The first-order chi connectivity index (χ1) is 11.6. The van der Waals surface area contributed by atoms with Gasteiger partial charge in [0.25, 0.3) is 0 Å². The Hall–Kier alpha value is -2.08. The van der Waals surface area contributed by atoms with Crippen molar-refractivity contribution in [3.05, 3.63) is 35.9 Å². The van der Waals surface area contributed by atoms with Gasteiger partial charge in [-0.05, 0) is 11.5 Å². The van der Waals surface area contributed by atoms with Crippen molar-refractivity contribution in [1.82, 2.24) is 4.90 Å². The largest absolute Gasteiger partial charge is 0.444 e. The number of hydrogen-bond acceptors (Lipinski definition) is 5. The molecule has 2 rings (SSSR count). The van der Waals surface area contributed by atoms with Gasteiger partial charge in [0.15, 0.2) is 11.8 Å². The number of ether oxygens (including phenoxy) is 2. The first-order valence-corrected chi connectivity index (χ1v) is 8.46. The zero-order chi connectivity index (χ0) is 18.8. The molecule has 0 saturated carbocycles. The van der Waals surface area contributed by atoms with Gasteiger partial charge in [0.1, 0.15) is 6.61 Å². The third kappa shape index (κ3) is 3.49. The van der Waals surface area contributed by atoms with Gasteiger partial charge in [0.05, 0.1) is 6.61 Å². The van der Waals surface area contributed by atoms with Crippen LogP contribution in [0.5, 0.6) is 0 Å². The number of nitrogens with zero attached hydrogens (tertiary/aromatic N) is 1. The number of carbonyl (C=O) groups is 2. The van der Waals surface area contributed by atoms with Gasteiger partial charge in [-0.1, -0.05) is 65.0 Å². The maximum atomic E-state index is 12.9.